The molecule has 0 saturated carbocycles. The minimum Gasteiger partial charge on any atom is -0.480 e. The maximum atomic E-state index is 12.8. The molecule has 1 fully saturated rings. The van der Waals surface area contributed by atoms with Crippen LogP contribution in [0.5, 0.6) is 0 Å². The number of amides is 1. The first-order valence-corrected chi connectivity index (χ1v) is 6.58. The van der Waals surface area contributed by atoms with Crippen LogP contribution < -0.4 is 5.32 Å². The number of nitrogens with zero attached hydrogens (tertiary/aromatic N) is 1. The lowest BCUT2D eigenvalue weighted by Gasteiger charge is -2.32. The molecule has 1 aromatic rings. The Labute approximate surface area is 116 Å². The Morgan fingerprint density at radius 3 is 2.65 bits per heavy atom. The molecule has 20 heavy (non-hydrogen) atoms. The minimum atomic E-state index is -0.890. The van der Waals surface area contributed by atoms with Gasteiger partial charge >= 0.3 is 5.97 Å². The largest absolute Gasteiger partial charge is 0.480 e. The Morgan fingerprint density at radius 2 is 2.00 bits per heavy atom. The zero-order valence-corrected chi connectivity index (χ0v) is 11.0. The number of rotatable bonds is 4. The van der Waals surface area contributed by atoms with Gasteiger partial charge in [-0.05, 0) is 43.7 Å². The molecule has 1 saturated heterocycles. The zero-order chi connectivity index (χ0) is 14.5. The Hall–Kier alpha value is -1.95. The molecule has 6 heteroatoms. The summed E-state index contributed by atoms with van der Waals surface area (Å²) in [6.07, 6.45) is 2.33. The number of hydrogen-bond acceptors (Lipinski definition) is 3. The number of carbonyl (C=O) groups excluding carboxylic acids is 1. The fraction of sp³-hybridized carbons (Fsp3) is 0.429. The van der Waals surface area contributed by atoms with E-state index >= 15 is 0 Å². The van der Waals surface area contributed by atoms with E-state index in [0.29, 0.717) is 18.7 Å². The third-order valence-electron chi connectivity index (χ3n) is 3.37. The van der Waals surface area contributed by atoms with Gasteiger partial charge in [-0.1, -0.05) is 6.42 Å². The lowest BCUT2D eigenvalue weighted by Crippen LogP contribution is -2.47. The van der Waals surface area contributed by atoms with Gasteiger partial charge in [-0.2, -0.15) is 0 Å². The average Bonchev–Trinajstić information content (AvgIpc) is 2.41. The van der Waals surface area contributed by atoms with Crippen LogP contribution in [0, 0.1) is 5.82 Å². The van der Waals surface area contributed by atoms with Crippen molar-refractivity contribution in [2.75, 3.05) is 18.4 Å². The summed E-state index contributed by atoms with van der Waals surface area (Å²) in [6.45, 7) is 0.641. The van der Waals surface area contributed by atoms with Gasteiger partial charge in [0, 0.05) is 5.69 Å². The molecule has 1 amide bonds. The normalized spacial score (nSPS) is 19.6. The van der Waals surface area contributed by atoms with Crippen LogP contribution in [0.2, 0.25) is 0 Å². The SMILES string of the molecule is O=C(CN1CCCCC1C(=O)O)Nc1ccc(F)cc1. The Balaban J connectivity index is 1.92. The maximum Gasteiger partial charge on any atom is 0.320 e. The molecule has 5 nitrogen and oxygen atoms in total. The molecule has 1 atom stereocenters. The van der Waals surface area contributed by atoms with Gasteiger partial charge in [0.05, 0.1) is 6.54 Å². The van der Waals surface area contributed by atoms with Gasteiger partial charge in [-0.3, -0.25) is 14.5 Å². The summed E-state index contributed by atoms with van der Waals surface area (Å²) in [4.78, 5) is 24.7. The van der Waals surface area contributed by atoms with E-state index in [4.69, 9.17) is 5.11 Å². The van der Waals surface area contributed by atoms with E-state index in [1.54, 1.807) is 4.90 Å². The molecule has 0 spiro atoms. The second kappa shape index (κ2) is 6.47. The molecule has 1 unspecified atom stereocenters. The number of piperidine rings is 1. The Morgan fingerprint density at radius 1 is 1.30 bits per heavy atom. The van der Waals surface area contributed by atoms with E-state index in [2.05, 4.69) is 5.32 Å². The standard InChI is InChI=1S/C14H17FN2O3/c15-10-4-6-11(7-5-10)16-13(18)9-17-8-2-1-3-12(17)14(19)20/h4-7,12H,1-3,8-9H2,(H,16,18)(H,19,20). The van der Waals surface area contributed by atoms with Gasteiger partial charge in [0.25, 0.3) is 0 Å². The highest BCUT2D eigenvalue weighted by Gasteiger charge is 2.29. The van der Waals surface area contributed by atoms with Gasteiger partial charge in [0.2, 0.25) is 5.91 Å². The van der Waals surface area contributed by atoms with Crippen molar-refractivity contribution in [2.45, 2.75) is 25.3 Å². The number of anilines is 1. The van der Waals surface area contributed by atoms with Gasteiger partial charge in [0.1, 0.15) is 11.9 Å². The number of aliphatic carboxylic acids is 1. The van der Waals surface area contributed by atoms with E-state index in [9.17, 15) is 14.0 Å². The third kappa shape index (κ3) is 3.77. The molecule has 2 rings (SSSR count). The van der Waals surface area contributed by atoms with Crippen LogP contribution in [0.1, 0.15) is 19.3 Å². The van der Waals surface area contributed by atoms with Gasteiger partial charge in [0.15, 0.2) is 0 Å². The number of carboxylic acid groups (broad SMARTS) is 1. The molecular weight excluding hydrogens is 263 g/mol. The first-order chi connectivity index (χ1) is 9.56. The molecule has 0 aliphatic carbocycles. The molecule has 1 aliphatic heterocycles. The third-order valence-corrected chi connectivity index (χ3v) is 3.37. The van der Waals surface area contributed by atoms with Crippen molar-refractivity contribution in [3.05, 3.63) is 30.1 Å². The quantitative estimate of drug-likeness (QED) is 0.880. The van der Waals surface area contributed by atoms with Crippen molar-refractivity contribution in [1.82, 2.24) is 4.90 Å². The highest BCUT2D eigenvalue weighted by molar-refractivity contribution is 5.92. The summed E-state index contributed by atoms with van der Waals surface area (Å²) >= 11 is 0. The summed E-state index contributed by atoms with van der Waals surface area (Å²) < 4.78 is 12.8. The van der Waals surface area contributed by atoms with Crippen molar-refractivity contribution in [3.63, 3.8) is 0 Å². The minimum absolute atomic E-state index is 0.0361. The lowest BCUT2D eigenvalue weighted by molar-refractivity contribution is -0.145. The van der Waals surface area contributed by atoms with Crippen LogP contribution in [-0.2, 0) is 9.59 Å². The van der Waals surface area contributed by atoms with Gasteiger partial charge in [-0.15, -0.1) is 0 Å². The van der Waals surface area contributed by atoms with E-state index in [-0.39, 0.29) is 18.3 Å². The number of carbonyl (C=O) groups is 2. The lowest BCUT2D eigenvalue weighted by atomic mass is 10.0. The first-order valence-electron chi connectivity index (χ1n) is 6.58. The number of benzene rings is 1. The molecule has 0 bridgehead atoms. The van der Waals surface area contributed by atoms with Crippen LogP contribution >= 0.6 is 0 Å². The van der Waals surface area contributed by atoms with Gasteiger partial charge < -0.3 is 10.4 Å². The van der Waals surface area contributed by atoms with E-state index in [1.807, 2.05) is 0 Å². The smallest absolute Gasteiger partial charge is 0.320 e. The number of hydrogen-bond donors (Lipinski definition) is 2. The summed E-state index contributed by atoms with van der Waals surface area (Å²) in [5.41, 5.74) is 0.500. The molecule has 1 aliphatic rings. The first kappa shape index (κ1) is 14.5. The van der Waals surface area contributed by atoms with Crippen molar-refractivity contribution in [1.29, 1.82) is 0 Å². The molecule has 1 aromatic carbocycles. The van der Waals surface area contributed by atoms with E-state index < -0.39 is 12.0 Å². The summed E-state index contributed by atoms with van der Waals surface area (Å²) in [5.74, 6) is -1.55. The zero-order valence-electron chi connectivity index (χ0n) is 11.0. The highest BCUT2D eigenvalue weighted by Crippen LogP contribution is 2.17. The maximum absolute atomic E-state index is 12.8. The summed E-state index contributed by atoms with van der Waals surface area (Å²) in [5, 5.41) is 11.8. The average molecular weight is 280 g/mol. The van der Waals surface area contributed by atoms with Crippen LogP contribution in [0.3, 0.4) is 0 Å². The number of likely N-dealkylation sites (tertiary alicyclic amines) is 1. The predicted molar refractivity (Wildman–Crippen MR) is 71.9 cm³/mol. The monoisotopic (exact) mass is 280 g/mol. The fourth-order valence-electron chi connectivity index (χ4n) is 2.38. The molecule has 0 radical (unpaired) electrons. The second-order valence-electron chi connectivity index (χ2n) is 4.88. The van der Waals surface area contributed by atoms with Crippen molar-refractivity contribution < 1.29 is 19.1 Å². The Kier molecular flexibility index (Phi) is 4.68. The summed E-state index contributed by atoms with van der Waals surface area (Å²) in [7, 11) is 0. The second-order valence-corrected chi connectivity index (χ2v) is 4.88. The molecule has 0 aromatic heterocycles. The Bertz CT molecular complexity index is 490. The number of nitrogens with one attached hydrogen (secondary N) is 1. The molecule has 2 N–H and O–H groups in total. The fourth-order valence-corrected chi connectivity index (χ4v) is 2.38. The van der Waals surface area contributed by atoms with Crippen LogP contribution in [0.25, 0.3) is 0 Å². The molecule has 1 heterocycles. The number of carboxylic acids is 1. The molecular formula is C14H17FN2O3. The summed E-state index contributed by atoms with van der Waals surface area (Å²) in [6, 6.07) is 4.87. The molecule has 108 valence electrons. The number of halogens is 1. The van der Waals surface area contributed by atoms with Crippen LogP contribution in [0.4, 0.5) is 10.1 Å². The van der Waals surface area contributed by atoms with Crippen molar-refractivity contribution >= 4 is 17.6 Å². The predicted octanol–water partition coefficient (Wildman–Crippen LogP) is 1.70. The van der Waals surface area contributed by atoms with Crippen LogP contribution in [0.15, 0.2) is 24.3 Å². The van der Waals surface area contributed by atoms with E-state index in [0.717, 1.165) is 12.8 Å². The topological polar surface area (TPSA) is 69.6 Å². The highest BCUT2D eigenvalue weighted by atomic mass is 19.1. The van der Waals surface area contributed by atoms with Crippen molar-refractivity contribution in [2.24, 2.45) is 0 Å². The van der Waals surface area contributed by atoms with E-state index in [1.165, 1.54) is 24.3 Å². The van der Waals surface area contributed by atoms with Crippen LogP contribution in [-0.4, -0.2) is 41.0 Å². The van der Waals surface area contributed by atoms with Gasteiger partial charge in [-0.25, -0.2) is 4.39 Å². The van der Waals surface area contributed by atoms with Crippen molar-refractivity contribution in [3.8, 4) is 0 Å².